The molecule has 3 nitrogen and oxygen atoms in total. The Bertz CT molecular complexity index is 425. The Balaban J connectivity index is 2.23. The van der Waals surface area contributed by atoms with Crippen LogP contribution >= 0.6 is 0 Å². The first-order valence-electron chi connectivity index (χ1n) is 6.11. The van der Waals surface area contributed by atoms with Crippen LogP contribution in [0.3, 0.4) is 0 Å². The number of hydrogen-bond acceptors (Lipinski definition) is 3. The van der Waals surface area contributed by atoms with Crippen molar-refractivity contribution in [3.05, 3.63) is 34.9 Å². The molecule has 1 aliphatic rings. The molecule has 0 bridgehead atoms. The van der Waals surface area contributed by atoms with Gasteiger partial charge in [-0.1, -0.05) is 25.1 Å². The van der Waals surface area contributed by atoms with Crippen molar-refractivity contribution in [2.24, 2.45) is 0 Å². The Hall–Kier alpha value is -1.35. The van der Waals surface area contributed by atoms with Crippen LogP contribution in [0.1, 0.15) is 49.0 Å². The second kappa shape index (κ2) is 4.88. The predicted octanol–water partition coefficient (Wildman–Crippen LogP) is 2.33. The van der Waals surface area contributed by atoms with E-state index < -0.39 is 12.1 Å². The molecule has 1 aromatic rings. The number of carbonyl (C=O) groups excluding carboxylic acids is 1. The highest BCUT2D eigenvalue weighted by Gasteiger charge is 2.23. The summed E-state index contributed by atoms with van der Waals surface area (Å²) in [6.45, 7) is 4.19. The molecule has 1 aliphatic carbocycles. The van der Waals surface area contributed by atoms with Crippen LogP contribution in [-0.4, -0.2) is 17.7 Å². The highest BCUT2D eigenvalue weighted by atomic mass is 16.5. The van der Waals surface area contributed by atoms with Crippen molar-refractivity contribution in [2.75, 3.05) is 6.61 Å². The number of benzene rings is 1. The predicted molar refractivity (Wildman–Crippen MR) is 64.8 cm³/mol. The van der Waals surface area contributed by atoms with Crippen LogP contribution in [0.25, 0.3) is 0 Å². The van der Waals surface area contributed by atoms with Gasteiger partial charge in [0, 0.05) is 0 Å². The molecule has 0 heterocycles. The van der Waals surface area contributed by atoms with Crippen molar-refractivity contribution >= 4 is 5.97 Å². The summed E-state index contributed by atoms with van der Waals surface area (Å²) in [5.41, 5.74) is 3.22. The zero-order chi connectivity index (χ0) is 12.4. The van der Waals surface area contributed by atoms with Crippen molar-refractivity contribution in [3.8, 4) is 0 Å². The van der Waals surface area contributed by atoms with Crippen LogP contribution in [0.2, 0.25) is 0 Å². The Kier molecular flexibility index (Phi) is 3.48. The molecule has 0 saturated heterocycles. The van der Waals surface area contributed by atoms with Gasteiger partial charge >= 0.3 is 5.97 Å². The molecule has 0 amide bonds. The summed E-state index contributed by atoms with van der Waals surface area (Å²) < 4.78 is 4.82. The summed E-state index contributed by atoms with van der Waals surface area (Å²) in [5, 5.41) is 9.86. The molecule has 0 saturated carbocycles. The maximum Gasteiger partial charge on any atom is 0.339 e. The standard InChI is InChI=1S/C14H18O3/c1-3-17-14(16)13(15)11-7-6-10-5-4-9(2)12(10)8-11/h6-9,13,15H,3-5H2,1-2H3. The van der Waals surface area contributed by atoms with Gasteiger partial charge in [-0.3, -0.25) is 0 Å². The number of esters is 1. The van der Waals surface area contributed by atoms with E-state index in [0.717, 1.165) is 12.8 Å². The van der Waals surface area contributed by atoms with E-state index in [0.29, 0.717) is 11.5 Å². The first kappa shape index (κ1) is 12.1. The van der Waals surface area contributed by atoms with Crippen LogP contribution < -0.4 is 0 Å². The largest absolute Gasteiger partial charge is 0.464 e. The number of aliphatic hydroxyl groups excluding tert-OH is 1. The molecular weight excluding hydrogens is 216 g/mol. The van der Waals surface area contributed by atoms with Crippen LogP contribution in [0, 0.1) is 0 Å². The summed E-state index contributed by atoms with van der Waals surface area (Å²) in [5.74, 6) is -0.0579. The molecule has 0 radical (unpaired) electrons. The fourth-order valence-electron chi connectivity index (χ4n) is 2.35. The Morgan fingerprint density at radius 1 is 1.59 bits per heavy atom. The lowest BCUT2D eigenvalue weighted by Gasteiger charge is -2.12. The SMILES string of the molecule is CCOC(=O)C(O)c1ccc2c(c1)C(C)CC2. The average Bonchev–Trinajstić information content (AvgIpc) is 2.70. The Morgan fingerprint density at radius 3 is 3.06 bits per heavy atom. The van der Waals surface area contributed by atoms with Gasteiger partial charge in [0.15, 0.2) is 6.10 Å². The van der Waals surface area contributed by atoms with E-state index in [1.54, 1.807) is 6.92 Å². The summed E-state index contributed by atoms with van der Waals surface area (Å²) >= 11 is 0. The first-order chi connectivity index (χ1) is 8.13. The third-order valence-corrected chi connectivity index (χ3v) is 3.37. The summed E-state index contributed by atoms with van der Waals surface area (Å²) in [6, 6.07) is 5.77. The normalized spacial score (nSPS) is 19.8. The van der Waals surface area contributed by atoms with Crippen molar-refractivity contribution in [3.63, 3.8) is 0 Å². The first-order valence-corrected chi connectivity index (χ1v) is 6.11. The lowest BCUT2D eigenvalue weighted by Crippen LogP contribution is -2.15. The average molecular weight is 234 g/mol. The zero-order valence-corrected chi connectivity index (χ0v) is 10.3. The van der Waals surface area contributed by atoms with E-state index in [2.05, 4.69) is 6.92 Å². The molecule has 0 aromatic heterocycles. The molecule has 3 heteroatoms. The monoisotopic (exact) mass is 234 g/mol. The Morgan fingerprint density at radius 2 is 2.35 bits per heavy atom. The minimum Gasteiger partial charge on any atom is -0.464 e. The molecule has 1 N–H and O–H groups in total. The molecule has 0 aliphatic heterocycles. The fourth-order valence-corrected chi connectivity index (χ4v) is 2.35. The van der Waals surface area contributed by atoms with E-state index >= 15 is 0 Å². The lowest BCUT2D eigenvalue weighted by atomic mass is 9.98. The van der Waals surface area contributed by atoms with Crippen molar-refractivity contribution in [1.82, 2.24) is 0 Å². The fraction of sp³-hybridized carbons (Fsp3) is 0.500. The molecule has 2 atom stereocenters. The molecule has 0 spiro atoms. The van der Waals surface area contributed by atoms with E-state index in [1.807, 2.05) is 18.2 Å². The molecule has 1 aromatic carbocycles. The highest BCUT2D eigenvalue weighted by Crippen LogP contribution is 2.34. The molecule has 0 fully saturated rings. The molecular formula is C14H18O3. The molecule has 17 heavy (non-hydrogen) atoms. The van der Waals surface area contributed by atoms with Crippen LogP contribution in [0.15, 0.2) is 18.2 Å². The van der Waals surface area contributed by atoms with E-state index in [1.165, 1.54) is 11.1 Å². The van der Waals surface area contributed by atoms with Crippen molar-refractivity contribution in [2.45, 2.75) is 38.7 Å². The van der Waals surface area contributed by atoms with Crippen LogP contribution in [0.5, 0.6) is 0 Å². The van der Waals surface area contributed by atoms with Gasteiger partial charge in [-0.05, 0) is 42.4 Å². The summed E-state index contributed by atoms with van der Waals surface area (Å²) in [4.78, 5) is 11.5. The van der Waals surface area contributed by atoms with Crippen molar-refractivity contribution < 1.29 is 14.6 Å². The number of fused-ring (bicyclic) bond motifs is 1. The lowest BCUT2D eigenvalue weighted by molar-refractivity contribution is -0.153. The smallest absolute Gasteiger partial charge is 0.339 e. The van der Waals surface area contributed by atoms with Gasteiger partial charge in [0.2, 0.25) is 0 Å². The van der Waals surface area contributed by atoms with Crippen LogP contribution in [-0.2, 0) is 16.0 Å². The minimum absolute atomic E-state index is 0.289. The summed E-state index contributed by atoms with van der Waals surface area (Å²) in [7, 11) is 0. The number of ether oxygens (including phenoxy) is 1. The van der Waals surface area contributed by atoms with Gasteiger partial charge in [0.05, 0.1) is 6.61 Å². The zero-order valence-electron chi connectivity index (χ0n) is 10.3. The number of aryl methyl sites for hydroxylation is 1. The molecule has 2 unspecified atom stereocenters. The van der Waals surface area contributed by atoms with E-state index in [4.69, 9.17) is 4.74 Å². The van der Waals surface area contributed by atoms with Gasteiger partial charge in [-0.15, -0.1) is 0 Å². The quantitative estimate of drug-likeness (QED) is 0.816. The Labute approximate surface area is 101 Å². The van der Waals surface area contributed by atoms with Gasteiger partial charge in [-0.2, -0.15) is 0 Å². The summed E-state index contributed by atoms with van der Waals surface area (Å²) in [6.07, 6.45) is 1.08. The molecule has 2 rings (SSSR count). The maximum atomic E-state index is 11.5. The van der Waals surface area contributed by atoms with Gasteiger partial charge < -0.3 is 9.84 Å². The number of carbonyl (C=O) groups is 1. The van der Waals surface area contributed by atoms with E-state index in [9.17, 15) is 9.90 Å². The van der Waals surface area contributed by atoms with E-state index in [-0.39, 0.29) is 6.61 Å². The number of aliphatic hydroxyl groups is 1. The second-order valence-corrected chi connectivity index (χ2v) is 4.55. The topological polar surface area (TPSA) is 46.5 Å². The highest BCUT2D eigenvalue weighted by molar-refractivity contribution is 5.76. The third-order valence-electron chi connectivity index (χ3n) is 3.37. The number of hydrogen-bond donors (Lipinski definition) is 1. The van der Waals surface area contributed by atoms with Gasteiger partial charge in [-0.25, -0.2) is 4.79 Å². The number of rotatable bonds is 3. The van der Waals surface area contributed by atoms with Crippen LogP contribution in [0.4, 0.5) is 0 Å². The second-order valence-electron chi connectivity index (χ2n) is 4.55. The maximum absolute atomic E-state index is 11.5. The third kappa shape index (κ3) is 2.34. The van der Waals surface area contributed by atoms with Gasteiger partial charge in [0.1, 0.15) is 0 Å². The minimum atomic E-state index is -1.16. The van der Waals surface area contributed by atoms with Gasteiger partial charge in [0.25, 0.3) is 0 Å². The van der Waals surface area contributed by atoms with Crippen molar-refractivity contribution in [1.29, 1.82) is 0 Å². The molecule has 92 valence electrons.